The largest absolute Gasteiger partial charge is 0.355 e. The zero-order valence-corrected chi connectivity index (χ0v) is 10.5. The second kappa shape index (κ2) is 5.42. The molecule has 1 fully saturated rings. The number of hydrogen-bond donors (Lipinski definition) is 2. The van der Waals surface area contributed by atoms with Crippen LogP contribution in [0.25, 0.3) is 0 Å². The fourth-order valence-corrected chi connectivity index (χ4v) is 2.75. The van der Waals surface area contributed by atoms with E-state index in [0.29, 0.717) is 11.4 Å². The first kappa shape index (κ1) is 12.3. The quantitative estimate of drug-likeness (QED) is 0.839. The summed E-state index contributed by atoms with van der Waals surface area (Å²) in [4.78, 5) is 12.2. The number of benzene rings is 1. The van der Waals surface area contributed by atoms with Gasteiger partial charge in [0.25, 0.3) is 0 Å². The molecule has 92 valence electrons. The standard InChI is InChI=1S/C12H16N2O2S/c1-9-4-6-10(7-5-9)17(16)14-11-3-2-8-13-12(11)15/h4-7,11,14H,2-3,8H2,1H3,(H,13,15). The highest BCUT2D eigenvalue weighted by Gasteiger charge is 2.23. The van der Waals surface area contributed by atoms with Gasteiger partial charge in [-0.3, -0.25) is 4.79 Å². The predicted molar refractivity (Wildman–Crippen MR) is 66.8 cm³/mol. The van der Waals surface area contributed by atoms with Gasteiger partial charge in [-0.05, 0) is 31.9 Å². The van der Waals surface area contributed by atoms with Crippen molar-refractivity contribution in [1.29, 1.82) is 0 Å². The summed E-state index contributed by atoms with van der Waals surface area (Å²) in [6, 6.07) is 7.12. The third kappa shape index (κ3) is 3.14. The lowest BCUT2D eigenvalue weighted by Gasteiger charge is -2.22. The fraction of sp³-hybridized carbons (Fsp3) is 0.417. The number of amides is 1. The van der Waals surface area contributed by atoms with Gasteiger partial charge in [-0.1, -0.05) is 17.7 Å². The summed E-state index contributed by atoms with van der Waals surface area (Å²) < 4.78 is 14.9. The highest BCUT2D eigenvalue weighted by Crippen LogP contribution is 2.10. The molecule has 2 unspecified atom stereocenters. The number of piperidine rings is 1. The van der Waals surface area contributed by atoms with Crippen molar-refractivity contribution in [2.45, 2.75) is 30.7 Å². The molecule has 1 aliphatic rings. The van der Waals surface area contributed by atoms with Crippen LogP contribution >= 0.6 is 0 Å². The summed E-state index contributed by atoms with van der Waals surface area (Å²) >= 11 is 0. The van der Waals surface area contributed by atoms with Crippen LogP contribution < -0.4 is 10.0 Å². The van der Waals surface area contributed by atoms with Gasteiger partial charge in [-0.15, -0.1) is 0 Å². The molecule has 0 spiro atoms. The summed E-state index contributed by atoms with van der Waals surface area (Å²) in [5, 5.41) is 2.76. The number of carbonyl (C=O) groups is 1. The van der Waals surface area contributed by atoms with Gasteiger partial charge < -0.3 is 5.32 Å². The first-order chi connectivity index (χ1) is 8.16. The molecule has 1 aliphatic heterocycles. The summed E-state index contributed by atoms with van der Waals surface area (Å²) in [6.45, 7) is 2.70. The predicted octanol–water partition coefficient (Wildman–Crippen LogP) is 0.886. The second-order valence-corrected chi connectivity index (χ2v) is 5.43. The summed E-state index contributed by atoms with van der Waals surface area (Å²) in [5.41, 5.74) is 1.13. The Kier molecular flexibility index (Phi) is 3.91. The van der Waals surface area contributed by atoms with Crippen molar-refractivity contribution in [2.24, 2.45) is 0 Å². The molecule has 1 heterocycles. The molecule has 1 saturated heterocycles. The molecule has 0 saturated carbocycles. The molecule has 5 heteroatoms. The van der Waals surface area contributed by atoms with E-state index in [2.05, 4.69) is 10.0 Å². The minimum absolute atomic E-state index is 0.0586. The van der Waals surface area contributed by atoms with Crippen LogP contribution in [0.15, 0.2) is 29.2 Å². The van der Waals surface area contributed by atoms with E-state index in [9.17, 15) is 9.00 Å². The van der Waals surface area contributed by atoms with Crippen molar-refractivity contribution in [3.05, 3.63) is 29.8 Å². The highest BCUT2D eigenvalue weighted by atomic mass is 32.2. The van der Waals surface area contributed by atoms with Crippen LogP contribution in [0, 0.1) is 6.92 Å². The third-order valence-corrected chi connectivity index (χ3v) is 3.97. The van der Waals surface area contributed by atoms with Crippen molar-refractivity contribution in [3.63, 3.8) is 0 Å². The Morgan fingerprint density at radius 3 is 2.71 bits per heavy atom. The average Bonchev–Trinajstić information content (AvgIpc) is 2.33. The van der Waals surface area contributed by atoms with Crippen molar-refractivity contribution in [1.82, 2.24) is 10.0 Å². The first-order valence-electron chi connectivity index (χ1n) is 5.69. The normalized spacial score (nSPS) is 21.9. The van der Waals surface area contributed by atoms with Crippen LogP contribution in [-0.4, -0.2) is 22.7 Å². The summed E-state index contributed by atoms with van der Waals surface area (Å²) in [5.74, 6) is -0.0586. The van der Waals surface area contributed by atoms with Gasteiger partial charge in [0.1, 0.15) is 11.0 Å². The zero-order chi connectivity index (χ0) is 12.3. The van der Waals surface area contributed by atoms with E-state index >= 15 is 0 Å². The van der Waals surface area contributed by atoms with Gasteiger partial charge in [0.15, 0.2) is 0 Å². The SMILES string of the molecule is Cc1ccc(S(=O)NC2CCCNC2=O)cc1. The Balaban J connectivity index is 2.01. The van der Waals surface area contributed by atoms with Crippen molar-refractivity contribution in [3.8, 4) is 0 Å². The van der Waals surface area contributed by atoms with Crippen LogP contribution in [0.3, 0.4) is 0 Å². The van der Waals surface area contributed by atoms with E-state index in [0.717, 1.165) is 18.4 Å². The van der Waals surface area contributed by atoms with Crippen molar-refractivity contribution >= 4 is 16.9 Å². The Bertz CT molecular complexity index is 431. The van der Waals surface area contributed by atoms with Gasteiger partial charge in [0.05, 0.1) is 10.9 Å². The zero-order valence-electron chi connectivity index (χ0n) is 9.73. The molecule has 0 radical (unpaired) electrons. The Morgan fingerprint density at radius 2 is 2.06 bits per heavy atom. The number of nitrogens with one attached hydrogen (secondary N) is 2. The number of carbonyl (C=O) groups excluding carboxylic acids is 1. The molecule has 2 rings (SSSR count). The Hall–Kier alpha value is -1.20. The number of hydrogen-bond acceptors (Lipinski definition) is 2. The lowest BCUT2D eigenvalue weighted by molar-refractivity contribution is -0.123. The Labute approximate surface area is 103 Å². The summed E-state index contributed by atoms with van der Waals surface area (Å²) in [7, 11) is -1.32. The maximum Gasteiger partial charge on any atom is 0.238 e. The topological polar surface area (TPSA) is 58.2 Å². The molecule has 1 amide bonds. The van der Waals surface area contributed by atoms with Crippen LogP contribution in [0.4, 0.5) is 0 Å². The molecular formula is C12H16N2O2S. The maximum absolute atomic E-state index is 12.0. The minimum atomic E-state index is -1.32. The molecule has 0 aromatic heterocycles. The molecule has 0 bridgehead atoms. The maximum atomic E-state index is 12.0. The van der Waals surface area contributed by atoms with Crippen LogP contribution in [0.5, 0.6) is 0 Å². The van der Waals surface area contributed by atoms with Crippen LogP contribution in [-0.2, 0) is 15.8 Å². The molecule has 4 nitrogen and oxygen atoms in total. The van der Waals surface area contributed by atoms with Gasteiger partial charge in [0.2, 0.25) is 5.91 Å². The fourth-order valence-electron chi connectivity index (χ4n) is 1.74. The monoisotopic (exact) mass is 252 g/mol. The van der Waals surface area contributed by atoms with Crippen molar-refractivity contribution < 1.29 is 9.00 Å². The highest BCUT2D eigenvalue weighted by molar-refractivity contribution is 7.83. The Morgan fingerprint density at radius 1 is 1.35 bits per heavy atom. The van der Waals surface area contributed by atoms with Crippen molar-refractivity contribution in [2.75, 3.05) is 6.54 Å². The van der Waals surface area contributed by atoms with Crippen LogP contribution in [0.2, 0.25) is 0 Å². The molecule has 2 N–H and O–H groups in total. The van der Waals surface area contributed by atoms with E-state index in [-0.39, 0.29) is 11.9 Å². The van der Waals surface area contributed by atoms with Gasteiger partial charge in [-0.25, -0.2) is 8.93 Å². The third-order valence-electron chi connectivity index (χ3n) is 2.77. The smallest absolute Gasteiger partial charge is 0.238 e. The van der Waals surface area contributed by atoms with Gasteiger partial charge >= 0.3 is 0 Å². The molecular weight excluding hydrogens is 236 g/mol. The average molecular weight is 252 g/mol. The van der Waals surface area contributed by atoms with E-state index in [1.807, 2.05) is 31.2 Å². The van der Waals surface area contributed by atoms with E-state index < -0.39 is 11.0 Å². The first-order valence-corrected chi connectivity index (χ1v) is 6.84. The van der Waals surface area contributed by atoms with E-state index in [1.165, 1.54) is 0 Å². The van der Waals surface area contributed by atoms with Crippen LogP contribution in [0.1, 0.15) is 18.4 Å². The molecule has 0 aliphatic carbocycles. The van der Waals surface area contributed by atoms with Gasteiger partial charge in [0, 0.05) is 6.54 Å². The second-order valence-electron chi connectivity index (χ2n) is 4.19. The number of aryl methyl sites for hydroxylation is 1. The summed E-state index contributed by atoms with van der Waals surface area (Å²) in [6.07, 6.45) is 1.66. The molecule has 1 aromatic carbocycles. The molecule has 2 atom stereocenters. The molecule has 17 heavy (non-hydrogen) atoms. The lowest BCUT2D eigenvalue weighted by atomic mass is 10.1. The lowest BCUT2D eigenvalue weighted by Crippen LogP contribution is -2.48. The minimum Gasteiger partial charge on any atom is -0.355 e. The molecule has 1 aromatic rings. The van der Waals surface area contributed by atoms with E-state index in [4.69, 9.17) is 0 Å². The van der Waals surface area contributed by atoms with E-state index in [1.54, 1.807) is 0 Å². The van der Waals surface area contributed by atoms with Gasteiger partial charge in [-0.2, -0.15) is 0 Å². The number of rotatable bonds is 3.